The van der Waals surface area contributed by atoms with E-state index in [1.807, 2.05) is 0 Å². The second-order valence-corrected chi connectivity index (χ2v) is 3.27. The highest BCUT2D eigenvalue weighted by atomic mass is 16.6. The zero-order valence-corrected chi connectivity index (χ0v) is 6.93. The van der Waals surface area contributed by atoms with Crippen molar-refractivity contribution < 1.29 is 4.92 Å². The molecule has 0 amide bonds. The number of nitrogens with one attached hydrogen (secondary N) is 1. The third-order valence-corrected chi connectivity index (χ3v) is 2.39. The molecule has 0 bridgehead atoms. The lowest BCUT2D eigenvalue weighted by atomic mass is 10.2. The maximum Gasteiger partial charge on any atom is 0.342 e. The van der Waals surface area contributed by atoms with Crippen molar-refractivity contribution in [2.75, 3.05) is 6.54 Å². The van der Waals surface area contributed by atoms with E-state index in [-0.39, 0.29) is 5.82 Å². The maximum absolute atomic E-state index is 10.3. The van der Waals surface area contributed by atoms with Crippen molar-refractivity contribution in [2.45, 2.75) is 12.3 Å². The molecular weight excluding hydrogens is 172 g/mol. The van der Waals surface area contributed by atoms with Crippen LogP contribution in [0.5, 0.6) is 0 Å². The largest absolute Gasteiger partial charge is 0.358 e. The summed E-state index contributed by atoms with van der Waals surface area (Å²) >= 11 is 0. The molecule has 0 unspecified atom stereocenters. The molecule has 1 fully saturated rings. The Morgan fingerprint density at radius 1 is 1.85 bits per heavy atom. The Morgan fingerprint density at radius 3 is 3.08 bits per heavy atom. The molecule has 2 atom stereocenters. The van der Waals surface area contributed by atoms with E-state index in [0.717, 1.165) is 12.1 Å². The molecule has 1 aromatic heterocycles. The maximum atomic E-state index is 10.3. The first-order valence-electron chi connectivity index (χ1n) is 4.12. The van der Waals surface area contributed by atoms with Crippen molar-refractivity contribution >= 4 is 5.82 Å². The van der Waals surface area contributed by atoms with Crippen LogP contribution in [-0.4, -0.2) is 21.7 Å². The highest BCUT2D eigenvalue weighted by Crippen LogP contribution is 2.46. The van der Waals surface area contributed by atoms with Crippen molar-refractivity contribution in [3.8, 4) is 0 Å². The van der Waals surface area contributed by atoms with Crippen LogP contribution in [0.3, 0.4) is 0 Å². The first kappa shape index (κ1) is 8.18. The molecule has 6 heteroatoms. The minimum Gasteiger partial charge on any atom is -0.358 e. The van der Waals surface area contributed by atoms with Gasteiger partial charge < -0.3 is 15.8 Å². The molecule has 13 heavy (non-hydrogen) atoms. The van der Waals surface area contributed by atoms with E-state index in [1.54, 1.807) is 0 Å². The topological polar surface area (TPSA) is 97.8 Å². The van der Waals surface area contributed by atoms with Crippen molar-refractivity contribution in [3.05, 3.63) is 21.9 Å². The molecule has 3 N–H and O–H groups in total. The van der Waals surface area contributed by atoms with Gasteiger partial charge in [-0.15, -0.1) is 5.10 Å². The number of rotatable bonds is 3. The zero-order valence-electron chi connectivity index (χ0n) is 6.93. The summed E-state index contributed by atoms with van der Waals surface area (Å²) in [6.45, 7) is 0.630. The van der Waals surface area contributed by atoms with Crippen molar-refractivity contribution in [1.29, 1.82) is 0 Å². The van der Waals surface area contributed by atoms with Crippen LogP contribution >= 0.6 is 0 Å². The van der Waals surface area contributed by atoms with Gasteiger partial charge in [0.15, 0.2) is 0 Å². The van der Waals surface area contributed by atoms with Crippen molar-refractivity contribution in [3.63, 3.8) is 0 Å². The van der Waals surface area contributed by atoms with E-state index in [4.69, 9.17) is 5.73 Å². The highest BCUT2D eigenvalue weighted by molar-refractivity contribution is 5.27. The Labute approximate surface area is 74.3 Å². The molecule has 2 rings (SSSR count). The van der Waals surface area contributed by atoms with E-state index in [2.05, 4.69) is 10.2 Å². The molecule has 6 nitrogen and oxygen atoms in total. The minimum atomic E-state index is -0.476. The van der Waals surface area contributed by atoms with Gasteiger partial charge in [-0.1, -0.05) is 5.10 Å². The number of hydrogen-bond acceptors (Lipinski definition) is 4. The van der Waals surface area contributed by atoms with Gasteiger partial charge in [0.1, 0.15) is 0 Å². The smallest absolute Gasteiger partial charge is 0.342 e. The van der Waals surface area contributed by atoms with Crippen LogP contribution in [0, 0.1) is 16.0 Å². The lowest BCUT2D eigenvalue weighted by Gasteiger charge is -1.87. The van der Waals surface area contributed by atoms with E-state index < -0.39 is 4.92 Å². The predicted molar refractivity (Wildman–Crippen MR) is 45.1 cm³/mol. The molecular formula is C7H10N4O2. The van der Waals surface area contributed by atoms with Gasteiger partial charge in [0.2, 0.25) is 0 Å². The molecule has 1 aliphatic rings. The molecule has 70 valence electrons. The van der Waals surface area contributed by atoms with Gasteiger partial charge in [-0.3, -0.25) is 0 Å². The molecule has 0 aromatic carbocycles. The number of H-pyrrole nitrogens is 1. The summed E-state index contributed by atoms with van der Waals surface area (Å²) in [6.07, 6.45) is 0.999. The number of nitrogens with zero attached hydrogens (tertiary/aromatic N) is 2. The van der Waals surface area contributed by atoms with E-state index in [1.165, 1.54) is 6.07 Å². The average molecular weight is 182 g/mol. The van der Waals surface area contributed by atoms with E-state index in [0.29, 0.717) is 18.4 Å². The second-order valence-electron chi connectivity index (χ2n) is 3.27. The van der Waals surface area contributed by atoms with Gasteiger partial charge in [-0.2, -0.15) is 0 Å². The van der Waals surface area contributed by atoms with Gasteiger partial charge in [0, 0.05) is 5.92 Å². The fourth-order valence-corrected chi connectivity index (χ4v) is 1.48. The molecule has 1 aromatic rings. The summed E-state index contributed by atoms with van der Waals surface area (Å²) in [5.74, 6) is 0.746. The lowest BCUT2D eigenvalue weighted by Crippen LogP contribution is -2.01. The number of aromatic nitrogens is 2. The summed E-state index contributed by atoms with van der Waals surface area (Å²) in [4.78, 5) is 9.84. The van der Waals surface area contributed by atoms with Gasteiger partial charge in [0.25, 0.3) is 0 Å². The van der Waals surface area contributed by atoms with Gasteiger partial charge in [-0.25, -0.2) is 0 Å². The summed E-state index contributed by atoms with van der Waals surface area (Å²) in [5.41, 5.74) is 6.22. The summed E-state index contributed by atoms with van der Waals surface area (Å²) < 4.78 is 0. The zero-order chi connectivity index (χ0) is 9.42. The summed E-state index contributed by atoms with van der Waals surface area (Å²) in [6, 6.07) is 1.49. The second kappa shape index (κ2) is 2.81. The van der Waals surface area contributed by atoms with Gasteiger partial charge in [-0.05, 0) is 23.8 Å². The first-order chi connectivity index (χ1) is 6.22. The van der Waals surface area contributed by atoms with Crippen molar-refractivity contribution in [2.24, 2.45) is 11.7 Å². The summed E-state index contributed by atoms with van der Waals surface area (Å²) in [5, 5.41) is 16.6. The number of aromatic amines is 1. The SMILES string of the molecule is NC[C@@H]1C[C@H]1c1cc([N+](=O)[O-])[nH]n1. The third-order valence-electron chi connectivity index (χ3n) is 2.39. The highest BCUT2D eigenvalue weighted by Gasteiger charge is 2.39. The van der Waals surface area contributed by atoms with Crippen LogP contribution in [-0.2, 0) is 0 Å². The monoisotopic (exact) mass is 182 g/mol. The molecule has 1 aliphatic carbocycles. The Kier molecular flexibility index (Phi) is 1.77. The molecule has 1 heterocycles. The van der Waals surface area contributed by atoms with Gasteiger partial charge in [0.05, 0.1) is 11.8 Å². The third kappa shape index (κ3) is 1.40. The van der Waals surface area contributed by atoms with Crippen LogP contribution in [0.1, 0.15) is 18.0 Å². The average Bonchev–Trinajstić information content (AvgIpc) is 2.73. The van der Waals surface area contributed by atoms with Crippen molar-refractivity contribution in [1.82, 2.24) is 10.2 Å². The fourth-order valence-electron chi connectivity index (χ4n) is 1.48. The van der Waals surface area contributed by atoms with Crippen LogP contribution in [0.2, 0.25) is 0 Å². The standard InChI is InChI=1S/C7H10N4O2/c8-3-4-1-5(4)6-2-7(10-9-6)11(12)13/h2,4-5H,1,3,8H2,(H,9,10)/t4-,5+/m0/s1. The molecule has 0 saturated heterocycles. The number of nitro groups is 1. The van der Waals surface area contributed by atoms with Crippen LogP contribution in [0.4, 0.5) is 5.82 Å². The fraction of sp³-hybridized carbons (Fsp3) is 0.571. The Balaban J connectivity index is 2.11. The minimum absolute atomic E-state index is 0.0438. The van der Waals surface area contributed by atoms with Crippen LogP contribution < -0.4 is 5.73 Å². The Bertz CT molecular complexity index is 335. The van der Waals surface area contributed by atoms with Gasteiger partial charge >= 0.3 is 5.82 Å². The molecule has 0 aliphatic heterocycles. The van der Waals surface area contributed by atoms with Crippen LogP contribution in [0.15, 0.2) is 6.07 Å². The van der Waals surface area contributed by atoms with E-state index >= 15 is 0 Å². The normalized spacial score (nSPS) is 25.9. The molecule has 0 spiro atoms. The first-order valence-corrected chi connectivity index (χ1v) is 4.12. The van der Waals surface area contributed by atoms with Crippen LogP contribution in [0.25, 0.3) is 0 Å². The quantitative estimate of drug-likeness (QED) is 0.521. The number of nitrogens with two attached hydrogens (primary N) is 1. The molecule has 1 saturated carbocycles. The number of hydrogen-bond donors (Lipinski definition) is 2. The molecule has 0 radical (unpaired) electrons. The Hall–Kier alpha value is -1.43. The predicted octanol–water partition coefficient (Wildman–Crippen LogP) is 0.380. The lowest BCUT2D eigenvalue weighted by molar-refractivity contribution is -0.389. The summed E-state index contributed by atoms with van der Waals surface area (Å²) in [7, 11) is 0. The van der Waals surface area contributed by atoms with E-state index in [9.17, 15) is 10.1 Å². The Morgan fingerprint density at radius 2 is 2.62 bits per heavy atom.